The van der Waals surface area contributed by atoms with Gasteiger partial charge >= 0.3 is 0 Å². The van der Waals surface area contributed by atoms with Crippen molar-refractivity contribution >= 4 is 28.6 Å². The van der Waals surface area contributed by atoms with Crippen LogP contribution in [0.4, 0.5) is 0 Å². The van der Waals surface area contributed by atoms with E-state index in [2.05, 4.69) is 50.3 Å². The lowest BCUT2D eigenvalue weighted by Crippen LogP contribution is -2.41. The van der Waals surface area contributed by atoms with Crippen molar-refractivity contribution in [3.63, 3.8) is 0 Å². The lowest BCUT2D eigenvalue weighted by atomic mass is 10.2. The molecule has 3 rings (SSSR count). The molecule has 0 bridgehead atoms. The summed E-state index contributed by atoms with van der Waals surface area (Å²) in [5.41, 5.74) is 1.12. The van der Waals surface area contributed by atoms with Gasteiger partial charge in [-0.3, -0.25) is 9.89 Å². The van der Waals surface area contributed by atoms with Crippen LogP contribution in [-0.4, -0.2) is 61.8 Å². The summed E-state index contributed by atoms with van der Waals surface area (Å²) >= 11 is 3.56. The summed E-state index contributed by atoms with van der Waals surface area (Å²) in [6.07, 6.45) is 2.06. The average molecular weight is 422 g/mol. The highest BCUT2D eigenvalue weighted by Gasteiger charge is 2.23. The lowest BCUT2D eigenvalue weighted by Gasteiger charge is -2.33. The molecule has 1 atom stereocenters. The molecule has 0 aliphatic carbocycles. The molecule has 6 nitrogen and oxygen atoms in total. The van der Waals surface area contributed by atoms with E-state index in [1.54, 1.807) is 11.3 Å². The zero-order valence-corrected chi connectivity index (χ0v) is 18.5. The Morgan fingerprint density at radius 1 is 1.32 bits per heavy atom. The second kappa shape index (κ2) is 11.5. The molecule has 1 aliphatic heterocycles. The van der Waals surface area contributed by atoms with Gasteiger partial charge in [-0.15, -0.1) is 22.7 Å². The fraction of sp³-hybridized carbons (Fsp3) is 0.600. The standard InChI is InChI=1S/C20H31N5OS2/c1-3-21-20(22-8-4-7-19-24-16(2)15-28-19)23-14-17(18-6-5-13-27-18)25-9-11-26-12-10-25/h5-6,13,15,17H,3-4,7-12,14H2,1-2H3,(H2,21,22,23). The van der Waals surface area contributed by atoms with E-state index < -0.39 is 0 Å². The summed E-state index contributed by atoms with van der Waals surface area (Å²) in [4.78, 5) is 13.3. The van der Waals surface area contributed by atoms with Gasteiger partial charge in [-0.2, -0.15) is 0 Å². The van der Waals surface area contributed by atoms with Crippen LogP contribution in [0.5, 0.6) is 0 Å². The Hall–Kier alpha value is -1.48. The first-order valence-electron chi connectivity index (χ1n) is 10.0. The molecule has 0 spiro atoms. The summed E-state index contributed by atoms with van der Waals surface area (Å²) in [6.45, 7) is 10.2. The number of rotatable bonds is 9. The summed E-state index contributed by atoms with van der Waals surface area (Å²) in [5.74, 6) is 0.896. The van der Waals surface area contributed by atoms with E-state index in [1.807, 2.05) is 18.3 Å². The van der Waals surface area contributed by atoms with Crippen LogP contribution in [0, 0.1) is 6.92 Å². The molecule has 1 aliphatic rings. The van der Waals surface area contributed by atoms with E-state index in [-0.39, 0.29) is 0 Å². The maximum Gasteiger partial charge on any atom is 0.191 e. The molecule has 28 heavy (non-hydrogen) atoms. The first kappa shape index (κ1) is 21.2. The number of thiazole rings is 1. The number of nitrogens with one attached hydrogen (secondary N) is 2. The van der Waals surface area contributed by atoms with E-state index in [0.717, 1.165) is 70.4 Å². The third-order valence-electron chi connectivity index (χ3n) is 4.65. The molecule has 1 unspecified atom stereocenters. The van der Waals surface area contributed by atoms with Gasteiger partial charge in [0.25, 0.3) is 0 Å². The number of aliphatic imine (C=N–C) groups is 1. The minimum Gasteiger partial charge on any atom is -0.379 e. The number of nitrogens with zero attached hydrogens (tertiary/aromatic N) is 3. The molecule has 2 N–H and O–H groups in total. The molecule has 1 saturated heterocycles. The number of ether oxygens (including phenoxy) is 1. The van der Waals surface area contributed by atoms with Crippen molar-refractivity contribution in [3.05, 3.63) is 38.5 Å². The van der Waals surface area contributed by atoms with Gasteiger partial charge in [-0.25, -0.2) is 4.98 Å². The van der Waals surface area contributed by atoms with Crippen LogP contribution in [-0.2, 0) is 11.2 Å². The normalized spacial score (nSPS) is 16.9. The fourth-order valence-corrected chi connectivity index (χ4v) is 4.91. The van der Waals surface area contributed by atoms with Crippen molar-refractivity contribution < 1.29 is 4.74 Å². The Labute approximate surface area is 176 Å². The van der Waals surface area contributed by atoms with Gasteiger partial charge in [0, 0.05) is 48.6 Å². The topological polar surface area (TPSA) is 61.8 Å². The third-order valence-corrected chi connectivity index (χ3v) is 6.65. The minimum absolute atomic E-state index is 0.317. The molecule has 0 aromatic carbocycles. The second-order valence-corrected chi connectivity index (χ2v) is 8.73. The fourth-order valence-electron chi connectivity index (χ4n) is 3.24. The zero-order valence-electron chi connectivity index (χ0n) is 16.8. The summed E-state index contributed by atoms with van der Waals surface area (Å²) in [6, 6.07) is 4.66. The van der Waals surface area contributed by atoms with Gasteiger partial charge in [0.2, 0.25) is 0 Å². The molecule has 0 radical (unpaired) electrons. The molecule has 0 amide bonds. The average Bonchev–Trinajstić information content (AvgIpc) is 3.38. The molecule has 0 saturated carbocycles. The van der Waals surface area contributed by atoms with Crippen molar-refractivity contribution in [3.8, 4) is 0 Å². The highest BCUT2D eigenvalue weighted by molar-refractivity contribution is 7.10. The SMILES string of the molecule is CCNC(=NCC(c1cccs1)N1CCOCC1)NCCCc1nc(C)cs1. The molecule has 3 heterocycles. The van der Waals surface area contributed by atoms with Crippen LogP contribution in [0.2, 0.25) is 0 Å². The van der Waals surface area contributed by atoms with E-state index in [9.17, 15) is 0 Å². The number of aromatic nitrogens is 1. The quantitative estimate of drug-likeness (QED) is 0.370. The van der Waals surface area contributed by atoms with Gasteiger partial charge in [-0.1, -0.05) is 6.07 Å². The van der Waals surface area contributed by atoms with Gasteiger partial charge in [-0.05, 0) is 31.7 Å². The van der Waals surface area contributed by atoms with Crippen molar-refractivity contribution in [2.45, 2.75) is 32.7 Å². The molecule has 1 fully saturated rings. The largest absolute Gasteiger partial charge is 0.379 e. The van der Waals surface area contributed by atoms with E-state index in [0.29, 0.717) is 6.04 Å². The van der Waals surface area contributed by atoms with Gasteiger partial charge in [0.15, 0.2) is 5.96 Å². The molecule has 8 heteroatoms. The number of morpholine rings is 1. The number of thiophene rings is 1. The minimum atomic E-state index is 0.317. The molecule has 154 valence electrons. The van der Waals surface area contributed by atoms with Crippen LogP contribution < -0.4 is 10.6 Å². The Morgan fingerprint density at radius 3 is 2.86 bits per heavy atom. The van der Waals surface area contributed by atoms with Crippen molar-refractivity contribution in [2.24, 2.45) is 4.99 Å². The van der Waals surface area contributed by atoms with E-state index in [1.165, 1.54) is 9.88 Å². The summed E-state index contributed by atoms with van der Waals surface area (Å²) in [5, 5.41) is 12.3. The Balaban J connectivity index is 1.54. The number of aryl methyl sites for hydroxylation is 2. The molecule has 2 aromatic heterocycles. The highest BCUT2D eigenvalue weighted by atomic mass is 32.1. The smallest absolute Gasteiger partial charge is 0.191 e. The Kier molecular flexibility index (Phi) is 8.72. The first-order chi connectivity index (χ1) is 13.8. The number of hydrogen-bond acceptors (Lipinski definition) is 6. The summed E-state index contributed by atoms with van der Waals surface area (Å²) in [7, 11) is 0. The number of guanidine groups is 1. The van der Waals surface area contributed by atoms with Gasteiger partial charge in [0.05, 0.1) is 30.8 Å². The van der Waals surface area contributed by atoms with Crippen LogP contribution in [0.25, 0.3) is 0 Å². The van der Waals surface area contributed by atoms with Crippen molar-refractivity contribution in [1.29, 1.82) is 0 Å². The third kappa shape index (κ3) is 6.55. The van der Waals surface area contributed by atoms with Crippen molar-refractivity contribution in [1.82, 2.24) is 20.5 Å². The molecule has 2 aromatic rings. The lowest BCUT2D eigenvalue weighted by molar-refractivity contribution is 0.0186. The highest BCUT2D eigenvalue weighted by Crippen LogP contribution is 2.26. The van der Waals surface area contributed by atoms with Crippen LogP contribution in [0.1, 0.15) is 35.0 Å². The Morgan fingerprint density at radius 2 is 2.18 bits per heavy atom. The maximum absolute atomic E-state index is 5.53. The predicted molar refractivity (Wildman–Crippen MR) is 119 cm³/mol. The van der Waals surface area contributed by atoms with Crippen LogP contribution in [0.3, 0.4) is 0 Å². The monoisotopic (exact) mass is 421 g/mol. The van der Waals surface area contributed by atoms with Gasteiger partial charge in [0.1, 0.15) is 0 Å². The first-order valence-corrected chi connectivity index (χ1v) is 11.8. The van der Waals surface area contributed by atoms with Gasteiger partial charge < -0.3 is 15.4 Å². The van der Waals surface area contributed by atoms with E-state index >= 15 is 0 Å². The van der Waals surface area contributed by atoms with E-state index in [4.69, 9.17) is 9.73 Å². The number of hydrogen-bond donors (Lipinski definition) is 2. The predicted octanol–water partition coefficient (Wildman–Crippen LogP) is 3.07. The van der Waals surface area contributed by atoms with Crippen LogP contribution in [0.15, 0.2) is 27.9 Å². The molecular weight excluding hydrogens is 390 g/mol. The summed E-state index contributed by atoms with van der Waals surface area (Å²) < 4.78 is 5.53. The maximum atomic E-state index is 5.53. The van der Waals surface area contributed by atoms with Crippen LogP contribution >= 0.6 is 22.7 Å². The zero-order chi connectivity index (χ0) is 19.6. The second-order valence-electron chi connectivity index (χ2n) is 6.81. The Bertz CT molecular complexity index is 710. The molecular formula is C20H31N5OS2. The van der Waals surface area contributed by atoms with Crippen molar-refractivity contribution in [2.75, 3.05) is 45.9 Å².